The highest BCUT2D eigenvalue weighted by atomic mass is 32.2. The number of hydrogen-bond donors (Lipinski definition) is 1. The molecule has 13 heteroatoms. The molecule has 0 fully saturated rings. The lowest BCUT2D eigenvalue weighted by molar-refractivity contribution is -0.385. The number of Topliss-reactive ketones (excluding diaryl/α,β-unsaturated/α-hetero) is 1. The van der Waals surface area contributed by atoms with Crippen LogP contribution in [0.5, 0.6) is 0 Å². The first-order valence-electron chi connectivity index (χ1n) is 8.76. The molecule has 0 aliphatic heterocycles. The molecule has 31 heavy (non-hydrogen) atoms. The van der Waals surface area contributed by atoms with Gasteiger partial charge < -0.3 is 4.74 Å². The lowest BCUT2D eigenvalue weighted by Crippen LogP contribution is -2.43. The third kappa shape index (κ3) is 6.13. The van der Waals surface area contributed by atoms with Gasteiger partial charge in [-0.2, -0.15) is 4.72 Å². The fourth-order valence-corrected chi connectivity index (χ4v) is 3.70. The molecule has 0 unspecified atom stereocenters. The molecule has 0 amide bonds. The highest BCUT2D eigenvalue weighted by molar-refractivity contribution is 7.89. The van der Waals surface area contributed by atoms with Crippen molar-refractivity contribution in [3.05, 3.63) is 74.3 Å². The van der Waals surface area contributed by atoms with Crippen LogP contribution in [0.1, 0.15) is 23.7 Å². The highest BCUT2D eigenvalue weighted by Gasteiger charge is 2.30. The fourth-order valence-electron chi connectivity index (χ4n) is 2.51. The van der Waals surface area contributed by atoms with Crippen molar-refractivity contribution in [2.75, 3.05) is 6.61 Å². The molecule has 2 aromatic carbocycles. The largest absolute Gasteiger partial charge is 0.465 e. The Morgan fingerprint density at radius 1 is 1.03 bits per heavy atom. The third-order valence-electron chi connectivity index (χ3n) is 3.99. The molecule has 2 rings (SSSR count). The molecule has 1 atom stereocenters. The molecular formula is C18H17N3O9S. The van der Waals surface area contributed by atoms with Crippen molar-refractivity contribution < 1.29 is 32.6 Å². The number of hydrogen-bond acceptors (Lipinski definition) is 9. The Bertz CT molecular complexity index is 1110. The number of non-ortho nitro benzene ring substituents is 2. The van der Waals surface area contributed by atoms with E-state index in [0.717, 1.165) is 30.3 Å². The second-order valence-corrected chi connectivity index (χ2v) is 7.83. The average Bonchev–Trinajstić information content (AvgIpc) is 2.73. The summed E-state index contributed by atoms with van der Waals surface area (Å²) in [6.45, 7) is 1.40. The Labute approximate surface area is 176 Å². The van der Waals surface area contributed by atoms with Crippen LogP contribution in [0.4, 0.5) is 11.4 Å². The number of ether oxygens (including phenoxy) is 1. The summed E-state index contributed by atoms with van der Waals surface area (Å²) in [5.74, 6) is -1.75. The molecule has 0 aromatic heterocycles. The number of sulfonamides is 1. The van der Waals surface area contributed by atoms with Gasteiger partial charge in [0, 0.05) is 36.2 Å². The summed E-state index contributed by atoms with van der Waals surface area (Å²) >= 11 is 0. The van der Waals surface area contributed by atoms with Gasteiger partial charge in [-0.1, -0.05) is 12.1 Å². The average molecular weight is 451 g/mol. The fraction of sp³-hybridized carbons (Fsp3) is 0.222. The number of nitrogens with zero attached hydrogens (tertiary/aromatic N) is 2. The maximum Gasteiger partial charge on any atom is 0.324 e. The van der Waals surface area contributed by atoms with E-state index >= 15 is 0 Å². The van der Waals surface area contributed by atoms with Crippen molar-refractivity contribution in [2.24, 2.45) is 0 Å². The van der Waals surface area contributed by atoms with Crippen molar-refractivity contribution in [3.63, 3.8) is 0 Å². The standard InChI is InChI=1S/C18H17N3O9S/c1-2-30-18(23)16(11-17(22)12-4-3-5-14(10-12)21(26)27)19-31(28,29)15-8-6-13(7-9-15)20(24)25/h3-10,16,19H,2,11H2,1H3/t16-/m0/s1. The van der Waals surface area contributed by atoms with Gasteiger partial charge in [0.15, 0.2) is 5.78 Å². The molecule has 0 saturated carbocycles. The molecule has 164 valence electrons. The number of benzene rings is 2. The van der Waals surface area contributed by atoms with Crippen molar-refractivity contribution in [1.82, 2.24) is 4.72 Å². The van der Waals surface area contributed by atoms with Crippen LogP contribution < -0.4 is 4.72 Å². The highest BCUT2D eigenvalue weighted by Crippen LogP contribution is 2.18. The molecule has 0 bridgehead atoms. The SMILES string of the molecule is CCOC(=O)[C@H](CC(=O)c1cccc([N+](=O)[O-])c1)NS(=O)(=O)c1ccc([N+](=O)[O-])cc1. The molecule has 0 aliphatic rings. The summed E-state index contributed by atoms with van der Waals surface area (Å²) in [6, 6.07) is 7.05. The van der Waals surface area contributed by atoms with E-state index in [-0.39, 0.29) is 28.4 Å². The molecular weight excluding hydrogens is 434 g/mol. The number of carbonyl (C=O) groups is 2. The van der Waals surface area contributed by atoms with Gasteiger partial charge in [0.05, 0.1) is 21.3 Å². The van der Waals surface area contributed by atoms with E-state index in [0.29, 0.717) is 0 Å². The van der Waals surface area contributed by atoms with Gasteiger partial charge in [-0.3, -0.25) is 29.8 Å². The van der Waals surface area contributed by atoms with Crippen LogP contribution in [0.15, 0.2) is 53.4 Å². The van der Waals surface area contributed by atoms with Crippen LogP contribution in [-0.4, -0.2) is 42.7 Å². The minimum Gasteiger partial charge on any atom is -0.465 e. The molecule has 0 aliphatic carbocycles. The Kier molecular flexibility index (Phi) is 7.50. The van der Waals surface area contributed by atoms with Gasteiger partial charge in [0.1, 0.15) is 6.04 Å². The first-order chi connectivity index (χ1) is 14.5. The van der Waals surface area contributed by atoms with Crippen LogP contribution in [-0.2, 0) is 19.6 Å². The number of carbonyl (C=O) groups excluding carboxylic acids is 2. The van der Waals surface area contributed by atoms with E-state index in [4.69, 9.17) is 4.74 Å². The normalized spacial score (nSPS) is 12.0. The van der Waals surface area contributed by atoms with Gasteiger partial charge >= 0.3 is 5.97 Å². The summed E-state index contributed by atoms with van der Waals surface area (Å²) in [7, 11) is -4.35. The first kappa shape index (κ1) is 23.6. The molecule has 2 aromatic rings. The van der Waals surface area contributed by atoms with Crippen molar-refractivity contribution in [3.8, 4) is 0 Å². The Morgan fingerprint density at radius 2 is 1.65 bits per heavy atom. The zero-order valence-corrected chi connectivity index (χ0v) is 16.9. The number of nitro groups is 2. The second kappa shape index (κ2) is 9.86. The summed E-state index contributed by atoms with van der Waals surface area (Å²) in [6.07, 6.45) is -0.661. The van der Waals surface area contributed by atoms with Crippen LogP contribution >= 0.6 is 0 Å². The first-order valence-corrected chi connectivity index (χ1v) is 10.2. The van der Waals surface area contributed by atoms with E-state index in [1.807, 2.05) is 0 Å². The molecule has 12 nitrogen and oxygen atoms in total. The van der Waals surface area contributed by atoms with Gasteiger partial charge in [0.2, 0.25) is 10.0 Å². The van der Waals surface area contributed by atoms with E-state index in [1.54, 1.807) is 0 Å². The molecule has 0 spiro atoms. The number of esters is 1. The van der Waals surface area contributed by atoms with Gasteiger partial charge in [-0.15, -0.1) is 0 Å². The lowest BCUT2D eigenvalue weighted by Gasteiger charge is -2.17. The van der Waals surface area contributed by atoms with Crippen LogP contribution in [0, 0.1) is 20.2 Å². The maximum absolute atomic E-state index is 12.6. The summed E-state index contributed by atoms with van der Waals surface area (Å²) in [5, 5.41) is 21.6. The summed E-state index contributed by atoms with van der Waals surface area (Å²) in [5.41, 5.74) is -0.759. The number of nitrogens with one attached hydrogen (secondary N) is 1. The topological polar surface area (TPSA) is 176 Å². The minimum absolute atomic E-state index is 0.0837. The second-order valence-electron chi connectivity index (χ2n) is 6.11. The minimum atomic E-state index is -4.35. The van der Waals surface area contributed by atoms with Gasteiger partial charge in [0.25, 0.3) is 11.4 Å². The molecule has 0 saturated heterocycles. The molecule has 0 heterocycles. The lowest BCUT2D eigenvalue weighted by atomic mass is 10.0. The van der Waals surface area contributed by atoms with Crippen molar-refractivity contribution in [1.29, 1.82) is 0 Å². The predicted molar refractivity (Wildman–Crippen MR) is 106 cm³/mol. The molecule has 1 N–H and O–H groups in total. The Balaban J connectivity index is 2.28. The zero-order chi connectivity index (χ0) is 23.2. The van der Waals surface area contributed by atoms with Crippen LogP contribution in [0.25, 0.3) is 0 Å². The number of rotatable bonds is 10. The zero-order valence-electron chi connectivity index (χ0n) is 16.1. The van der Waals surface area contributed by atoms with Gasteiger partial charge in [-0.25, -0.2) is 8.42 Å². The predicted octanol–water partition coefficient (Wildman–Crippen LogP) is 1.99. The van der Waals surface area contributed by atoms with Crippen LogP contribution in [0.2, 0.25) is 0 Å². The smallest absolute Gasteiger partial charge is 0.324 e. The maximum atomic E-state index is 12.6. The quantitative estimate of drug-likeness (QED) is 0.245. The van der Waals surface area contributed by atoms with Gasteiger partial charge in [-0.05, 0) is 19.1 Å². The summed E-state index contributed by atoms with van der Waals surface area (Å²) < 4.78 is 32.1. The summed E-state index contributed by atoms with van der Waals surface area (Å²) in [4.78, 5) is 44.6. The van der Waals surface area contributed by atoms with E-state index in [1.165, 1.54) is 25.1 Å². The van der Waals surface area contributed by atoms with Crippen LogP contribution in [0.3, 0.4) is 0 Å². The van der Waals surface area contributed by atoms with E-state index < -0.39 is 44.1 Å². The Morgan fingerprint density at radius 3 is 2.19 bits per heavy atom. The monoisotopic (exact) mass is 451 g/mol. The van der Waals surface area contributed by atoms with Crippen molar-refractivity contribution >= 4 is 33.2 Å². The third-order valence-corrected chi connectivity index (χ3v) is 5.48. The van der Waals surface area contributed by atoms with E-state index in [9.17, 15) is 38.2 Å². The van der Waals surface area contributed by atoms with E-state index in [2.05, 4.69) is 4.72 Å². The molecule has 0 radical (unpaired) electrons. The number of nitro benzene ring substituents is 2. The van der Waals surface area contributed by atoms with Crippen molar-refractivity contribution in [2.45, 2.75) is 24.3 Å². The Hall–Kier alpha value is -3.71. The number of ketones is 1.